The van der Waals surface area contributed by atoms with E-state index in [1.54, 1.807) is 12.1 Å². The molecule has 1 heterocycles. The lowest BCUT2D eigenvalue weighted by Crippen LogP contribution is -2.24. The number of benzene rings is 1. The first-order valence-corrected chi connectivity index (χ1v) is 7.52. The minimum Gasteiger partial charge on any atom is -0.506 e. The van der Waals surface area contributed by atoms with Gasteiger partial charge in [0.25, 0.3) is 0 Å². The van der Waals surface area contributed by atoms with Gasteiger partial charge in [0.1, 0.15) is 5.75 Å². The zero-order chi connectivity index (χ0) is 13.7. The van der Waals surface area contributed by atoms with Gasteiger partial charge < -0.3 is 15.3 Å². The Morgan fingerprint density at radius 3 is 2.68 bits per heavy atom. The van der Waals surface area contributed by atoms with Crippen LogP contribution in [0.25, 0.3) is 0 Å². The summed E-state index contributed by atoms with van der Waals surface area (Å²) < 4.78 is 0. The molecule has 1 aliphatic heterocycles. The van der Waals surface area contributed by atoms with Crippen molar-refractivity contribution < 1.29 is 5.11 Å². The first-order valence-electron chi connectivity index (χ1n) is 6.77. The van der Waals surface area contributed by atoms with Crippen molar-refractivity contribution in [1.29, 1.82) is 0 Å². The first kappa shape index (κ1) is 14.9. The van der Waals surface area contributed by atoms with Crippen molar-refractivity contribution in [3.05, 3.63) is 27.7 Å². The van der Waals surface area contributed by atoms with E-state index in [-0.39, 0.29) is 5.75 Å². The largest absolute Gasteiger partial charge is 0.506 e. The third kappa shape index (κ3) is 4.53. The smallest absolute Gasteiger partial charge is 0.138 e. The molecule has 0 spiro atoms. The van der Waals surface area contributed by atoms with Crippen LogP contribution in [0.2, 0.25) is 10.0 Å². The molecule has 0 amide bonds. The standard InChI is InChI=1S/C14H20Cl2N2O/c15-12-8-11(14(19)13(16)9-12)10-17-4-3-7-18-5-1-2-6-18/h8-9,17,19H,1-7,10H2. The van der Waals surface area contributed by atoms with E-state index in [4.69, 9.17) is 23.2 Å². The number of hydrogen-bond acceptors (Lipinski definition) is 3. The molecule has 0 unspecified atom stereocenters. The molecule has 2 rings (SSSR count). The average molecular weight is 303 g/mol. The molecule has 1 aliphatic rings. The second-order valence-electron chi connectivity index (χ2n) is 4.97. The van der Waals surface area contributed by atoms with Crippen LogP contribution in [0, 0.1) is 0 Å². The highest BCUT2D eigenvalue weighted by atomic mass is 35.5. The van der Waals surface area contributed by atoms with Crippen LogP contribution in [-0.4, -0.2) is 36.2 Å². The quantitative estimate of drug-likeness (QED) is 0.792. The average Bonchev–Trinajstić information content (AvgIpc) is 2.87. The lowest BCUT2D eigenvalue weighted by atomic mass is 10.2. The monoisotopic (exact) mass is 302 g/mol. The minimum atomic E-state index is 0.123. The molecule has 1 aromatic carbocycles. The molecule has 1 fully saturated rings. The van der Waals surface area contributed by atoms with Crippen molar-refractivity contribution in [2.45, 2.75) is 25.8 Å². The molecule has 19 heavy (non-hydrogen) atoms. The van der Waals surface area contributed by atoms with E-state index in [1.165, 1.54) is 25.9 Å². The van der Waals surface area contributed by atoms with Crippen molar-refractivity contribution >= 4 is 23.2 Å². The van der Waals surface area contributed by atoms with E-state index in [0.29, 0.717) is 16.6 Å². The van der Waals surface area contributed by atoms with Gasteiger partial charge in [-0.15, -0.1) is 0 Å². The molecule has 1 saturated heterocycles. The predicted molar refractivity (Wildman–Crippen MR) is 80.1 cm³/mol. The molecule has 0 bridgehead atoms. The Morgan fingerprint density at radius 2 is 1.95 bits per heavy atom. The first-order chi connectivity index (χ1) is 9.16. The molecule has 5 heteroatoms. The molecule has 0 atom stereocenters. The Labute approximate surface area is 124 Å². The van der Waals surface area contributed by atoms with Gasteiger partial charge in [-0.25, -0.2) is 0 Å². The fourth-order valence-electron chi connectivity index (χ4n) is 2.41. The van der Waals surface area contributed by atoms with E-state index in [1.807, 2.05) is 0 Å². The van der Waals surface area contributed by atoms with Gasteiger partial charge in [0.05, 0.1) is 5.02 Å². The topological polar surface area (TPSA) is 35.5 Å². The van der Waals surface area contributed by atoms with Crippen molar-refractivity contribution in [2.75, 3.05) is 26.2 Å². The summed E-state index contributed by atoms with van der Waals surface area (Å²) in [5, 5.41) is 14.0. The fourth-order valence-corrected chi connectivity index (χ4v) is 2.95. The lowest BCUT2D eigenvalue weighted by Gasteiger charge is -2.14. The summed E-state index contributed by atoms with van der Waals surface area (Å²) in [6, 6.07) is 3.30. The zero-order valence-electron chi connectivity index (χ0n) is 11.0. The van der Waals surface area contributed by atoms with Crippen LogP contribution in [0.15, 0.2) is 12.1 Å². The normalized spacial score (nSPS) is 16.1. The number of likely N-dealkylation sites (tertiary alicyclic amines) is 1. The number of hydrogen-bond donors (Lipinski definition) is 2. The second kappa shape index (κ2) is 7.34. The van der Waals surface area contributed by atoms with E-state index < -0.39 is 0 Å². The van der Waals surface area contributed by atoms with Crippen LogP contribution in [-0.2, 0) is 6.54 Å². The number of aromatic hydroxyl groups is 1. The number of nitrogens with zero attached hydrogens (tertiary/aromatic N) is 1. The Morgan fingerprint density at radius 1 is 1.21 bits per heavy atom. The summed E-state index contributed by atoms with van der Waals surface area (Å²) >= 11 is 11.8. The van der Waals surface area contributed by atoms with Gasteiger partial charge in [-0.05, 0) is 57.6 Å². The van der Waals surface area contributed by atoms with Gasteiger partial charge in [0.15, 0.2) is 0 Å². The molecule has 1 aromatic rings. The van der Waals surface area contributed by atoms with Crippen LogP contribution in [0.4, 0.5) is 0 Å². The summed E-state index contributed by atoms with van der Waals surface area (Å²) in [6.07, 6.45) is 3.79. The Hall–Kier alpha value is -0.480. The van der Waals surface area contributed by atoms with Crippen LogP contribution >= 0.6 is 23.2 Å². The summed E-state index contributed by atoms with van der Waals surface area (Å²) in [6.45, 7) is 5.15. The maximum absolute atomic E-state index is 9.81. The molecule has 106 valence electrons. The Bertz CT molecular complexity index is 420. The molecular formula is C14H20Cl2N2O. The molecule has 0 radical (unpaired) electrons. The fraction of sp³-hybridized carbons (Fsp3) is 0.571. The van der Waals surface area contributed by atoms with E-state index in [9.17, 15) is 5.11 Å². The maximum Gasteiger partial charge on any atom is 0.138 e. The molecule has 3 nitrogen and oxygen atoms in total. The Balaban J connectivity index is 1.70. The van der Waals surface area contributed by atoms with Gasteiger partial charge in [-0.2, -0.15) is 0 Å². The van der Waals surface area contributed by atoms with Crippen molar-refractivity contribution in [2.24, 2.45) is 0 Å². The van der Waals surface area contributed by atoms with Crippen LogP contribution in [0.5, 0.6) is 5.75 Å². The summed E-state index contributed by atoms with van der Waals surface area (Å²) in [5.74, 6) is 0.123. The number of phenols is 1. The van der Waals surface area contributed by atoms with E-state index >= 15 is 0 Å². The van der Waals surface area contributed by atoms with E-state index in [0.717, 1.165) is 25.1 Å². The third-order valence-corrected chi connectivity index (χ3v) is 3.96. The van der Waals surface area contributed by atoms with Gasteiger partial charge in [-0.3, -0.25) is 0 Å². The molecule has 0 aromatic heterocycles. The second-order valence-corrected chi connectivity index (χ2v) is 5.82. The van der Waals surface area contributed by atoms with Crippen LogP contribution < -0.4 is 5.32 Å². The minimum absolute atomic E-state index is 0.123. The number of nitrogens with one attached hydrogen (secondary N) is 1. The molecule has 0 aliphatic carbocycles. The van der Waals surface area contributed by atoms with Crippen molar-refractivity contribution in [3.8, 4) is 5.75 Å². The van der Waals surface area contributed by atoms with Crippen molar-refractivity contribution in [3.63, 3.8) is 0 Å². The number of halogens is 2. The highest BCUT2D eigenvalue weighted by Crippen LogP contribution is 2.30. The summed E-state index contributed by atoms with van der Waals surface area (Å²) in [4.78, 5) is 2.50. The molecule has 0 saturated carbocycles. The summed E-state index contributed by atoms with van der Waals surface area (Å²) in [5.41, 5.74) is 0.749. The summed E-state index contributed by atoms with van der Waals surface area (Å²) in [7, 11) is 0. The third-order valence-electron chi connectivity index (χ3n) is 3.45. The van der Waals surface area contributed by atoms with Crippen molar-refractivity contribution in [1.82, 2.24) is 10.2 Å². The highest BCUT2D eigenvalue weighted by molar-refractivity contribution is 6.35. The van der Waals surface area contributed by atoms with E-state index in [2.05, 4.69) is 10.2 Å². The van der Waals surface area contributed by atoms with Gasteiger partial charge >= 0.3 is 0 Å². The highest BCUT2D eigenvalue weighted by Gasteiger charge is 2.10. The molecular weight excluding hydrogens is 283 g/mol. The molecule has 2 N–H and O–H groups in total. The van der Waals surface area contributed by atoms with Gasteiger partial charge in [-0.1, -0.05) is 23.2 Å². The SMILES string of the molecule is Oc1c(Cl)cc(Cl)cc1CNCCCN1CCCC1. The predicted octanol–water partition coefficient (Wildman–Crippen LogP) is 3.27. The number of phenolic OH excluding ortho intramolecular Hbond substituents is 1. The lowest BCUT2D eigenvalue weighted by molar-refractivity contribution is 0.331. The zero-order valence-corrected chi connectivity index (χ0v) is 12.5. The van der Waals surface area contributed by atoms with Crippen LogP contribution in [0.1, 0.15) is 24.8 Å². The number of rotatable bonds is 6. The van der Waals surface area contributed by atoms with Crippen LogP contribution in [0.3, 0.4) is 0 Å². The maximum atomic E-state index is 9.81. The van der Waals surface area contributed by atoms with Gasteiger partial charge in [0, 0.05) is 17.1 Å². The van der Waals surface area contributed by atoms with Gasteiger partial charge in [0.2, 0.25) is 0 Å². The Kier molecular flexibility index (Phi) is 5.76.